The van der Waals surface area contributed by atoms with Gasteiger partial charge in [-0.3, -0.25) is 0 Å². The van der Waals surface area contributed by atoms with Crippen molar-refractivity contribution in [2.75, 3.05) is 20.3 Å². The Morgan fingerprint density at radius 3 is 2.58 bits per heavy atom. The largest absolute Gasteiger partial charge is 0.460 e. The highest BCUT2D eigenvalue weighted by Gasteiger charge is 2.04. The van der Waals surface area contributed by atoms with Crippen molar-refractivity contribution in [2.24, 2.45) is 0 Å². The van der Waals surface area contributed by atoms with Crippen molar-refractivity contribution in [3.05, 3.63) is 47.7 Å². The summed E-state index contributed by atoms with van der Waals surface area (Å²) in [7, 11) is 1.73. The summed E-state index contributed by atoms with van der Waals surface area (Å²) in [6.45, 7) is 4.57. The Morgan fingerprint density at radius 1 is 1.11 bits per heavy atom. The molecule has 0 aliphatic rings. The molecule has 0 fully saturated rings. The van der Waals surface area contributed by atoms with Crippen LogP contribution in [0.2, 0.25) is 0 Å². The molecule has 2 rings (SSSR count). The molecule has 0 radical (unpaired) electrons. The third-order valence-corrected chi connectivity index (χ3v) is 3.04. The van der Waals surface area contributed by atoms with Crippen molar-refractivity contribution in [2.45, 2.75) is 19.9 Å². The van der Waals surface area contributed by atoms with Crippen LogP contribution in [0.15, 0.2) is 40.8 Å². The second kappa shape index (κ2) is 7.12. The summed E-state index contributed by atoms with van der Waals surface area (Å²) in [6.07, 6.45) is 0.945. The lowest BCUT2D eigenvalue weighted by Crippen LogP contribution is -2.10. The molecular weight excluding hydrogens is 238 g/mol. The topological polar surface area (TPSA) is 34.4 Å². The van der Waals surface area contributed by atoms with Crippen molar-refractivity contribution in [1.29, 1.82) is 0 Å². The minimum absolute atomic E-state index is 0.757. The molecule has 102 valence electrons. The Bertz CT molecular complexity index is 488. The van der Waals surface area contributed by atoms with Crippen molar-refractivity contribution in [3.63, 3.8) is 0 Å². The third-order valence-electron chi connectivity index (χ3n) is 3.04. The monoisotopic (exact) mass is 259 g/mol. The average Bonchev–Trinajstić information content (AvgIpc) is 2.92. The fourth-order valence-corrected chi connectivity index (χ4v) is 1.93. The van der Waals surface area contributed by atoms with Crippen LogP contribution in [0.5, 0.6) is 0 Å². The minimum Gasteiger partial charge on any atom is -0.460 e. The van der Waals surface area contributed by atoms with E-state index in [0.29, 0.717) is 0 Å². The summed E-state index contributed by atoms with van der Waals surface area (Å²) < 4.78 is 10.9. The molecule has 0 saturated heterocycles. The summed E-state index contributed by atoms with van der Waals surface area (Å²) in [5.41, 5.74) is 2.40. The molecule has 0 unspecified atom stereocenters. The summed E-state index contributed by atoms with van der Waals surface area (Å²) in [4.78, 5) is 0. The first kappa shape index (κ1) is 13.8. The van der Waals surface area contributed by atoms with Gasteiger partial charge in [0.05, 0.1) is 13.2 Å². The van der Waals surface area contributed by atoms with E-state index in [1.54, 1.807) is 7.11 Å². The number of methoxy groups -OCH3 is 1. The van der Waals surface area contributed by atoms with Crippen LogP contribution in [-0.4, -0.2) is 20.3 Å². The Balaban J connectivity index is 2.02. The van der Waals surface area contributed by atoms with Gasteiger partial charge in [-0.25, -0.2) is 0 Å². The first-order valence-corrected chi connectivity index (χ1v) is 6.71. The maximum Gasteiger partial charge on any atom is 0.134 e. The Kier molecular flexibility index (Phi) is 5.19. The Labute approximate surface area is 114 Å². The summed E-state index contributed by atoms with van der Waals surface area (Å²) in [5, 5.41) is 3.25. The fourth-order valence-electron chi connectivity index (χ4n) is 1.93. The SMILES string of the molecule is CCNCc1ccc(-c2ccc(CCOC)cc2)o1. The van der Waals surface area contributed by atoms with E-state index < -0.39 is 0 Å². The first-order valence-electron chi connectivity index (χ1n) is 6.71. The van der Waals surface area contributed by atoms with Crippen molar-refractivity contribution < 1.29 is 9.15 Å². The smallest absolute Gasteiger partial charge is 0.134 e. The zero-order valence-electron chi connectivity index (χ0n) is 11.6. The maximum absolute atomic E-state index is 5.81. The number of ether oxygens (including phenoxy) is 1. The molecule has 0 spiro atoms. The van der Waals surface area contributed by atoms with Gasteiger partial charge in [-0.15, -0.1) is 0 Å². The molecule has 0 bridgehead atoms. The van der Waals surface area contributed by atoms with Crippen molar-refractivity contribution in [3.8, 4) is 11.3 Å². The molecule has 0 amide bonds. The molecule has 1 heterocycles. The number of furan rings is 1. The van der Waals surface area contributed by atoms with E-state index in [0.717, 1.165) is 43.2 Å². The second-order valence-electron chi connectivity index (χ2n) is 4.49. The van der Waals surface area contributed by atoms with Gasteiger partial charge in [-0.1, -0.05) is 31.2 Å². The zero-order chi connectivity index (χ0) is 13.5. The van der Waals surface area contributed by atoms with Gasteiger partial charge < -0.3 is 14.5 Å². The molecule has 0 aliphatic heterocycles. The average molecular weight is 259 g/mol. The minimum atomic E-state index is 0.757. The van der Waals surface area contributed by atoms with E-state index in [9.17, 15) is 0 Å². The fraction of sp³-hybridized carbons (Fsp3) is 0.375. The van der Waals surface area contributed by atoms with Crippen LogP contribution in [-0.2, 0) is 17.7 Å². The lowest BCUT2D eigenvalue weighted by atomic mass is 10.1. The molecule has 0 aliphatic carbocycles. The van der Waals surface area contributed by atoms with Gasteiger partial charge >= 0.3 is 0 Å². The molecule has 3 nitrogen and oxygen atoms in total. The number of nitrogens with one attached hydrogen (secondary N) is 1. The van der Waals surface area contributed by atoms with Crippen molar-refractivity contribution in [1.82, 2.24) is 5.32 Å². The highest BCUT2D eigenvalue weighted by molar-refractivity contribution is 5.57. The van der Waals surface area contributed by atoms with Gasteiger partial charge in [0.15, 0.2) is 0 Å². The normalized spacial score (nSPS) is 10.8. The molecule has 2 aromatic rings. The van der Waals surface area contributed by atoms with Crippen LogP contribution < -0.4 is 5.32 Å². The van der Waals surface area contributed by atoms with E-state index in [-0.39, 0.29) is 0 Å². The van der Waals surface area contributed by atoms with Crippen LogP contribution in [0.25, 0.3) is 11.3 Å². The summed E-state index contributed by atoms with van der Waals surface area (Å²) in [5.74, 6) is 1.89. The van der Waals surface area contributed by atoms with E-state index in [4.69, 9.17) is 9.15 Å². The maximum atomic E-state index is 5.81. The quantitative estimate of drug-likeness (QED) is 0.829. The highest BCUT2D eigenvalue weighted by atomic mass is 16.5. The van der Waals surface area contributed by atoms with Gasteiger partial charge in [0.25, 0.3) is 0 Å². The molecule has 1 N–H and O–H groups in total. The van der Waals surface area contributed by atoms with Crippen molar-refractivity contribution >= 4 is 0 Å². The van der Waals surface area contributed by atoms with Crippen LogP contribution in [0.1, 0.15) is 18.2 Å². The number of hydrogen-bond donors (Lipinski definition) is 1. The first-order chi connectivity index (χ1) is 9.33. The lowest BCUT2D eigenvalue weighted by Gasteiger charge is -2.02. The standard InChI is InChI=1S/C16H21NO2/c1-3-17-12-15-8-9-16(19-15)14-6-4-13(5-7-14)10-11-18-2/h4-9,17H,3,10-12H2,1-2H3. The molecule has 0 atom stereocenters. The van der Waals surface area contributed by atoms with Crippen LogP contribution >= 0.6 is 0 Å². The predicted octanol–water partition coefficient (Wildman–Crippen LogP) is 3.25. The summed E-state index contributed by atoms with van der Waals surface area (Å²) >= 11 is 0. The van der Waals surface area contributed by atoms with Gasteiger partial charge in [0.2, 0.25) is 0 Å². The van der Waals surface area contributed by atoms with Gasteiger partial charge in [-0.2, -0.15) is 0 Å². The van der Waals surface area contributed by atoms with Crippen LogP contribution in [0.3, 0.4) is 0 Å². The van der Waals surface area contributed by atoms with Crippen LogP contribution in [0, 0.1) is 0 Å². The number of benzene rings is 1. The van der Waals surface area contributed by atoms with E-state index >= 15 is 0 Å². The van der Waals surface area contributed by atoms with Gasteiger partial charge in [0.1, 0.15) is 11.5 Å². The highest BCUT2D eigenvalue weighted by Crippen LogP contribution is 2.22. The third kappa shape index (κ3) is 3.94. The lowest BCUT2D eigenvalue weighted by molar-refractivity contribution is 0.202. The molecule has 1 aromatic heterocycles. The molecule has 1 aromatic carbocycles. The van der Waals surface area contributed by atoms with E-state index in [1.807, 2.05) is 12.1 Å². The van der Waals surface area contributed by atoms with Gasteiger partial charge in [0, 0.05) is 12.7 Å². The molecule has 19 heavy (non-hydrogen) atoms. The summed E-state index contributed by atoms with van der Waals surface area (Å²) in [6, 6.07) is 12.5. The number of rotatable bonds is 7. The van der Waals surface area contributed by atoms with Crippen LogP contribution in [0.4, 0.5) is 0 Å². The predicted molar refractivity (Wildman–Crippen MR) is 77.1 cm³/mol. The number of hydrogen-bond acceptors (Lipinski definition) is 3. The zero-order valence-corrected chi connectivity index (χ0v) is 11.6. The molecule has 0 saturated carbocycles. The van der Waals surface area contributed by atoms with E-state index in [2.05, 4.69) is 36.5 Å². The molecule has 3 heteroatoms. The second-order valence-corrected chi connectivity index (χ2v) is 4.49. The molecular formula is C16H21NO2. The Hall–Kier alpha value is -1.58. The van der Waals surface area contributed by atoms with Gasteiger partial charge in [-0.05, 0) is 30.7 Å². The van der Waals surface area contributed by atoms with E-state index in [1.165, 1.54) is 5.56 Å². The Morgan fingerprint density at radius 2 is 1.89 bits per heavy atom.